The second-order valence-corrected chi connectivity index (χ2v) is 11.5. The van der Waals surface area contributed by atoms with Crippen molar-refractivity contribution in [3.8, 4) is 16.9 Å². The van der Waals surface area contributed by atoms with Crippen LogP contribution in [0.15, 0.2) is 79.4 Å². The number of halogens is 2. The van der Waals surface area contributed by atoms with E-state index in [0.717, 1.165) is 29.5 Å². The van der Waals surface area contributed by atoms with Crippen LogP contribution < -0.4 is 5.32 Å². The van der Waals surface area contributed by atoms with Crippen LogP contribution in [0.3, 0.4) is 0 Å². The molecule has 1 saturated heterocycles. The Kier molecular flexibility index (Phi) is 8.99. The van der Waals surface area contributed by atoms with Crippen LogP contribution >= 0.6 is 23.2 Å². The number of aryl methyl sites for hydroxylation is 1. The minimum atomic E-state index is -0.789. The molecule has 45 heavy (non-hydrogen) atoms. The average molecular weight is 643 g/mol. The summed E-state index contributed by atoms with van der Waals surface area (Å²) < 4.78 is 1.47. The molecule has 1 aliphatic heterocycles. The number of nitrogens with zero attached hydrogens (tertiary/aromatic N) is 7. The SMILES string of the molecule is Cc1ccc(-c2nc([C@H](CC(=O)N3CCCC3c3ccncc3)NC(=O)/C=C/c3cc(Cl)ccc3-n3cnnn3)[nH]c2Cl)cc1. The van der Waals surface area contributed by atoms with Crippen LogP contribution in [-0.4, -0.2) is 58.4 Å². The summed E-state index contributed by atoms with van der Waals surface area (Å²) >= 11 is 12.9. The number of carbonyl (C=O) groups is 2. The van der Waals surface area contributed by atoms with Crippen molar-refractivity contribution in [2.75, 3.05) is 6.54 Å². The molecule has 5 aromatic rings. The molecule has 1 aliphatic rings. The van der Waals surface area contributed by atoms with E-state index in [4.69, 9.17) is 28.2 Å². The summed E-state index contributed by atoms with van der Waals surface area (Å²) in [6, 6.07) is 16.0. The standard InChI is InChI=1S/C32H29Cl2N9O2/c1-20-4-6-22(7-5-20)30-31(34)39-32(38-30)25(18-29(45)42-16-2-3-26(42)21-12-14-35-15-13-21)37-28(44)11-8-23-17-24(33)9-10-27(23)43-19-36-40-41-43/h4-15,17,19,25-26H,2-3,16,18H2,1H3,(H,37,44)(H,38,39)/b11-8+/t25-,26?/m0/s1. The fourth-order valence-electron chi connectivity index (χ4n) is 5.47. The highest BCUT2D eigenvalue weighted by Gasteiger charge is 2.32. The molecule has 2 aromatic carbocycles. The molecule has 2 amide bonds. The van der Waals surface area contributed by atoms with E-state index in [-0.39, 0.29) is 18.4 Å². The molecule has 6 rings (SSSR count). The lowest BCUT2D eigenvalue weighted by Crippen LogP contribution is -2.36. The molecule has 0 spiro atoms. The van der Waals surface area contributed by atoms with E-state index in [9.17, 15) is 9.59 Å². The van der Waals surface area contributed by atoms with Crippen molar-refractivity contribution in [3.05, 3.63) is 112 Å². The summed E-state index contributed by atoms with van der Waals surface area (Å²) in [5, 5.41) is 15.1. The van der Waals surface area contributed by atoms with Crippen LogP contribution in [0.4, 0.5) is 0 Å². The number of imidazole rings is 1. The van der Waals surface area contributed by atoms with Gasteiger partial charge < -0.3 is 15.2 Å². The Morgan fingerprint density at radius 1 is 1.11 bits per heavy atom. The molecule has 0 bridgehead atoms. The number of hydrogen-bond donors (Lipinski definition) is 2. The smallest absolute Gasteiger partial charge is 0.244 e. The van der Waals surface area contributed by atoms with Crippen LogP contribution in [0, 0.1) is 6.92 Å². The fourth-order valence-corrected chi connectivity index (χ4v) is 5.90. The van der Waals surface area contributed by atoms with Crippen LogP contribution in [0.2, 0.25) is 10.2 Å². The normalized spacial score (nSPS) is 15.4. The maximum absolute atomic E-state index is 13.8. The maximum Gasteiger partial charge on any atom is 0.244 e. The highest BCUT2D eigenvalue weighted by atomic mass is 35.5. The molecule has 0 saturated carbocycles. The van der Waals surface area contributed by atoms with Gasteiger partial charge in [-0.2, -0.15) is 4.68 Å². The number of likely N-dealkylation sites (tertiary alicyclic amines) is 1. The third-order valence-corrected chi connectivity index (χ3v) is 8.20. The first-order valence-corrected chi connectivity index (χ1v) is 15.1. The van der Waals surface area contributed by atoms with Gasteiger partial charge in [0.1, 0.15) is 23.0 Å². The molecular weight excluding hydrogens is 613 g/mol. The lowest BCUT2D eigenvalue weighted by Gasteiger charge is -2.27. The maximum atomic E-state index is 13.8. The number of H-pyrrole nitrogens is 1. The molecule has 0 aliphatic carbocycles. The molecule has 0 radical (unpaired) electrons. The van der Waals surface area contributed by atoms with E-state index in [1.807, 2.05) is 48.2 Å². The van der Waals surface area contributed by atoms with Gasteiger partial charge in [0.25, 0.3) is 0 Å². The number of aromatic nitrogens is 7. The molecule has 1 fully saturated rings. The first-order chi connectivity index (χ1) is 21.9. The third-order valence-electron chi connectivity index (χ3n) is 7.69. The highest BCUT2D eigenvalue weighted by molar-refractivity contribution is 6.32. The number of benzene rings is 2. The van der Waals surface area contributed by atoms with Gasteiger partial charge in [0.2, 0.25) is 11.8 Å². The zero-order chi connectivity index (χ0) is 31.3. The zero-order valence-corrected chi connectivity index (χ0v) is 25.8. The Morgan fingerprint density at radius 3 is 2.67 bits per heavy atom. The minimum Gasteiger partial charge on any atom is -0.342 e. The molecule has 3 aromatic heterocycles. The molecular formula is C32H29Cl2N9O2. The number of nitrogens with one attached hydrogen (secondary N) is 2. The lowest BCUT2D eigenvalue weighted by molar-refractivity contribution is -0.133. The quantitative estimate of drug-likeness (QED) is 0.197. The topological polar surface area (TPSA) is 135 Å². The van der Waals surface area contributed by atoms with E-state index >= 15 is 0 Å². The van der Waals surface area contributed by atoms with Crippen molar-refractivity contribution in [1.29, 1.82) is 0 Å². The molecule has 4 heterocycles. The van der Waals surface area contributed by atoms with E-state index in [2.05, 4.69) is 30.8 Å². The van der Waals surface area contributed by atoms with E-state index < -0.39 is 11.9 Å². The van der Waals surface area contributed by atoms with Crippen molar-refractivity contribution in [1.82, 2.24) is 45.4 Å². The number of carbonyl (C=O) groups excluding carboxylic acids is 2. The summed E-state index contributed by atoms with van der Waals surface area (Å²) in [6.07, 6.45) is 9.61. The molecule has 2 atom stereocenters. The zero-order valence-electron chi connectivity index (χ0n) is 24.3. The van der Waals surface area contributed by atoms with Gasteiger partial charge in [-0.05, 0) is 72.2 Å². The van der Waals surface area contributed by atoms with Crippen LogP contribution in [-0.2, 0) is 9.59 Å². The highest BCUT2D eigenvalue weighted by Crippen LogP contribution is 2.34. The number of amides is 2. The Hall–Kier alpha value is -4.87. The number of aromatic amines is 1. The molecule has 2 N–H and O–H groups in total. The van der Waals surface area contributed by atoms with Crippen molar-refractivity contribution in [2.45, 2.75) is 38.3 Å². The summed E-state index contributed by atoms with van der Waals surface area (Å²) in [5.41, 5.74) is 4.74. The van der Waals surface area contributed by atoms with Gasteiger partial charge in [0.05, 0.1) is 24.2 Å². The number of hydrogen-bond acceptors (Lipinski definition) is 7. The predicted octanol–water partition coefficient (Wildman–Crippen LogP) is 5.69. The van der Waals surface area contributed by atoms with Gasteiger partial charge >= 0.3 is 0 Å². The van der Waals surface area contributed by atoms with Crippen LogP contribution in [0.1, 0.15) is 53.9 Å². The summed E-state index contributed by atoms with van der Waals surface area (Å²) in [4.78, 5) is 41.0. The van der Waals surface area contributed by atoms with Crippen molar-refractivity contribution < 1.29 is 9.59 Å². The average Bonchev–Trinajstić information content (AvgIpc) is 3.82. The Morgan fingerprint density at radius 2 is 1.91 bits per heavy atom. The van der Waals surface area contributed by atoms with Gasteiger partial charge in [-0.3, -0.25) is 14.6 Å². The Bertz CT molecular complexity index is 1820. The van der Waals surface area contributed by atoms with Gasteiger partial charge in [0, 0.05) is 41.2 Å². The van der Waals surface area contributed by atoms with Crippen LogP contribution in [0.25, 0.3) is 23.0 Å². The summed E-state index contributed by atoms with van der Waals surface area (Å²) in [5.74, 6) is -0.168. The third kappa shape index (κ3) is 6.95. The van der Waals surface area contributed by atoms with E-state index in [1.54, 1.807) is 36.7 Å². The number of pyridine rings is 1. The molecule has 1 unspecified atom stereocenters. The van der Waals surface area contributed by atoms with Crippen molar-refractivity contribution in [2.24, 2.45) is 0 Å². The van der Waals surface area contributed by atoms with Crippen molar-refractivity contribution in [3.63, 3.8) is 0 Å². The van der Waals surface area contributed by atoms with Gasteiger partial charge in [-0.15, -0.1) is 5.10 Å². The van der Waals surface area contributed by atoms with Gasteiger partial charge in [-0.1, -0.05) is 53.0 Å². The minimum absolute atomic E-state index is 0.0224. The first kappa shape index (κ1) is 30.2. The molecule has 228 valence electrons. The number of rotatable bonds is 9. The van der Waals surface area contributed by atoms with Crippen molar-refractivity contribution >= 4 is 41.1 Å². The summed E-state index contributed by atoms with van der Waals surface area (Å²) in [7, 11) is 0. The lowest BCUT2D eigenvalue weighted by atomic mass is 10.1. The van der Waals surface area contributed by atoms with Gasteiger partial charge in [-0.25, -0.2) is 4.98 Å². The van der Waals surface area contributed by atoms with E-state index in [0.29, 0.717) is 39.5 Å². The van der Waals surface area contributed by atoms with Crippen LogP contribution in [0.5, 0.6) is 0 Å². The second-order valence-electron chi connectivity index (χ2n) is 10.7. The largest absolute Gasteiger partial charge is 0.342 e. The second kappa shape index (κ2) is 13.4. The summed E-state index contributed by atoms with van der Waals surface area (Å²) in [6.45, 7) is 2.62. The first-order valence-electron chi connectivity index (χ1n) is 14.4. The molecule has 11 nitrogen and oxygen atoms in total. The Balaban J connectivity index is 1.27. The molecule has 13 heteroatoms. The number of tetrazole rings is 1. The van der Waals surface area contributed by atoms with Gasteiger partial charge in [0.15, 0.2) is 0 Å². The monoisotopic (exact) mass is 641 g/mol. The van der Waals surface area contributed by atoms with E-state index in [1.165, 1.54) is 17.1 Å². The fraction of sp³-hybridized carbons (Fsp3) is 0.219. The predicted molar refractivity (Wildman–Crippen MR) is 170 cm³/mol. The Labute approximate surface area is 269 Å².